The van der Waals surface area contributed by atoms with E-state index < -0.39 is 0 Å². The number of halogens is 1. The van der Waals surface area contributed by atoms with Crippen LogP contribution < -0.4 is 10.6 Å². The van der Waals surface area contributed by atoms with Gasteiger partial charge in [0.1, 0.15) is 5.84 Å². The highest BCUT2D eigenvalue weighted by atomic mass is 79.9. The lowest BCUT2D eigenvalue weighted by Crippen LogP contribution is -2.27. The second kappa shape index (κ2) is 8.42. The minimum absolute atomic E-state index is 0.101. The zero-order chi connectivity index (χ0) is 16.0. The Labute approximate surface area is 137 Å². The van der Waals surface area contributed by atoms with Crippen LogP contribution in [0.25, 0.3) is 0 Å². The van der Waals surface area contributed by atoms with Crippen molar-refractivity contribution < 1.29 is 0 Å². The van der Waals surface area contributed by atoms with E-state index >= 15 is 0 Å². The topological polar surface area (TPSA) is 53.1 Å². The van der Waals surface area contributed by atoms with Gasteiger partial charge in [-0.2, -0.15) is 0 Å². The molecule has 0 amide bonds. The Hall–Kier alpha value is -1.03. The van der Waals surface area contributed by atoms with Crippen molar-refractivity contribution in [2.24, 2.45) is 17.6 Å². The Morgan fingerprint density at radius 3 is 2.05 bits per heavy atom. The molecule has 0 saturated carbocycles. The fourth-order valence-corrected chi connectivity index (χ4v) is 2.70. The number of nitrogens with two attached hydrogens (primary N) is 1. The molecule has 21 heavy (non-hydrogen) atoms. The number of hydrogen-bond donors (Lipinski definition) is 2. The maximum absolute atomic E-state index is 7.56. The van der Waals surface area contributed by atoms with Gasteiger partial charge in [0.2, 0.25) is 0 Å². The van der Waals surface area contributed by atoms with E-state index in [-0.39, 0.29) is 5.84 Å². The highest BCUT2D eigenvalue weighted by Crippen LogP contribution is 2.25. The van der Waals surface area contributed by atoms with Crippen molar-refractivity contribution in [3.8, 4) is 0 Å². The number of hydrogen-bond acceptors (Lipinski definition) is 2. The summed E-state index contributed by atoms with van der Waals surface area (Å²) in [5.74, 6) is 1.50. The molecule has 0 spiro atoms. The van der Waals surface area contributed by atoms with E-state index in [1.807, 2.05) is 6.07 Å². The SMILES string of the molecule is CC(C)CCN(CCC(C)C)c1ccc(C(=N)N)c(Br)c1. The molecule has 1 aromatic carbocycles. The predicted molar refractivity (Wildman–Crippen MR) is 96.3 cm³/mol. The number of amidine groups is 1. The Bertz CT molecular complexity index is 457. The normalized spacial score (nSPS) is 11.2. The van der Waals surface area contributed by atoms with Gasteiger partial charge in [-0.1, -0.05) is 27.7 Å². The second-order valence-electron chi connectivity index (χ2n) is 6.43. The average molecular weight is 354 g/mol. The Morgan fingerprint density at radius 2 is 1.67 bits per heavy atom. The third-order valence-corrected chi connectivity index (χ3v) is 4.22. The second-order valence-corrected chi connectivity index (χ2v) is 7.28. The summed E-state index contributed by atoms with van der Waals surface area (Å²) in [6, 6.07) is 6.08. The van der Waals surface area contributed by atoms with Gasteiger partial charge in [-0.05, 0) is 58.8 Å². The molecule has 4 heteroatoms. The van der Waals surface area contributed by atoms with E-state index in [0.29, 0.717) is 11.8 Å². The van der Waals surface area contributed by atoms with Gasteiger partial charge in [-0.25, -0.2) is 0 Å². The monoisotopic (exact) mass is 353 g/mol. The van der Waals surface area contributed by atoms with E-state index in [9.17, 15) is 0 Å². The minimum Gasteiger partial charge on any atom is -0.384 e. The predicted octanol–water partition coefficient (Wildman–Crippen LogP) is 4.63. The van der Waals surface area contributed by atoms with Crippen molar-refractivity contribution in [3.05, 3.63) is 28.2 Å². The van der Waals surface area contributed by atoms with Crippen molar-refractivity contribution in [2.45, 2.75) is 40.5 Å². The van der Waals surface area contributed by atoms with Crippen LogP contribution in [0, 0.1) is 17.2 Å². The van der Waals surface area contributed by atoms with Crippen molar-refractivity contribution >= 4 is 27.5 Å². The number of benzene rings is 1. The number of anilines is 1. The van der Waals surface area contributed by atoms with E-state index in [1.54, 1.807) is 0 Å². The van der Waals surface area contributed by atoms with Crippen LogP contribution in [0.2, 0.25) is 0 Å². The number of rotatable bonds is 8. The van der Waals surface area contributed by atoms with E-state index in [4.69, 9.17) is 11.1 Å². The lowest BCUT2D eigenvalue weighted by atomic mass is 10.1. The van der Waals surface area contributed by atoms with Gasteiger partial charge in [0.15, 0.2) is 0 Å². The fourth-order valence-electron chi connectivity index (χ4n) is 2.12. The highest BCUT2D eigenvalue weighted by Gasteiger charge is 2.11. The molecule has 0 bridgehead atoms. The first-order valence-corrected chi connectivity index (χ1v) is 8.49. The Kier molecular flexibility index (Phi) is 7.23. The smallest absolute Gasteiger partial charge is 0.123 e. The van der Waals surface area contributed by atoms with Crippen molar-refractivity contribution in [1.82, 2.24) is 0 Å². The van der Waals surface area contributed by atoms with Crippen LogP contribution in [0.5, 0.6) is 0 Å². The van der Waals surface area contributed by atoms with E-state index in [2.05, 4.69) is 60.7 Å². The zero-order valence-corrected chi connectivity index (χ0v) is 15.2. The molecule has 1 aromatic rings. The third-order valence-electron chi connectivity index (χ3n) is 3.56. The maximum Gasteiger partial charge on any atom is 0.123 e. The number of nitrogen functional groups attached to an aromatic ring is 1. The van der Waals surface area contributed by atoms with Gasteiger partial charge in [0, 0.05) is 28.8 Å². The molecule has 3 nitrogen and oxygen atoms in total. The molecule has 0 radical (unpaired) electrons. The molecule has 0 aliphatic rings. The van der Waals surface area contributed by atoms with Gasteiger partial charge >= 0.3 is 0 Å². The number of nitrogens with one attached hydrogen (secondary N) is 1. The van der Waals surface area contributed by atoms with Crippen LogP contribution in [-0.2, 0) is 0 Å². The zero-order valence-electron chi connectivity index (χ0n) is 13.6. The molecule has 118 valence electrons. The highest BCUT2D eigenvalue weighted by molar-refractivity contribution is 9.10. The molecule has 1 rings (SSSR count). The van der Waals surface area contributed by atoms with Gasteiger partial charge in [-0.15, -0.1) is 0 Å². The van der Waals surface area contributed by atoms with Crippen LogP contribution >= 0.6 is 15.9 Å². The summed E-state index contributed by atoms with van der Waals surface area (Å²) in [7, 11) is 0. The van der Waals surface area contributed by atoms with Gasteiger partial charge in [-0.3, -0.25) is 5.41 Å². The molecule has 0 atom stereocenters. The molecule has 0 fully saturated rings. The average Bonchev–Trinajstić information content (AvgIpc) is 2.37. The first-order chi connectivity index (χ1) is 9.81. The third kappa shape index (κ3) is 6.08. The quantitative estimate of drug-likeness (QED) is 0.528. The summed E-state index contributed by atoms with van der Waals surface area (Å²) in [6.07, 6.45) is 2.37. The van der Waals surface area contributed by atoms with Crippen LogP contribution in [0.4, 0.5) is 5.69 Å². The van der Waals surface area contributed by atoms with Crippen LogP contribution in [-0.4, -0.2) is 18.9 Å². The molecule has 0 heterocycles. The fraction of sp³-hybridized carbons (Fsp3) is 0.588. The maximum atomic E-state index is 7.56. The summed E-state index contributed by atoms with van der Waals surface area (Å²) in [6.45, 7) is 11.2. The standard InChI is InChI=1S/C17H28BrN3/c1-12(2)7-9-21(10-8-13(3)4)14-5-6-15(17(19)20)16(18)11-14/h5-6,11-13H,7-10H2,1-4H3,(H3,19,20). The summed E-state index contributed by atoms with van der Waals surface area (Å²) >= 11 is 3.53. The van der Waals surface area contributed by atoms with Crippen LogP contribution in [0.1, 0.15) is 46.1 Å². The molecule has 0 unspecified atom stereocenters. The Morgan fingerprint density at radius 1 is 1.14 bits per heavy atom. The summed E-state index contributed by atoms with van der Waals surface area (Å²) in [5.41, 5.74) is 7.54. The molecular formula is C17H28BrN3. The summed E-state index contributed by atoms with van der Waals surface area (Å²) in [5, 5.41) is 7.56. The molecule has 0 aliphatic carbocycles. The number of nitrogens with zero attached hydrogens (tertiary/aromatic N) is 1. The van der Waals surface area contributed by atoms with Gasteiger partial charge < -0.3 is 10.6 Å². The largest absolute Gasteiger partial charge is 0.384 e. The minimum atomic E-state index is 0.101. The molecule has 3 N–H and O–H groups in total. The molecule has 0 aromatic heterocycles. The first-order valence-electron chi connectivity index (χ1n) is 7.70. The van der Waals surface area contributed by atoms with Crippen LogP contribution in [0.3, 0.4) is 0 Å². The van der Waals surface area contributed by atoms with Gasteiger partial charge in [0.05, 0.1) is 0 Å². The van der Waals surface area contributed by atoms with Crippen LogP contribution in [0.15, 0.2) is 22.7 Å². The molecule has 0 saturated heterocycles. The molecule has 0 aliphatic heterocycles. The summed E-state index contributed by atoms with van der Waals surface area (Å²) in [4.78, 5) is 2.44. The lowest BCUT2D eigenvalue weighted by molar-refractivity contribution is 0.535. The first kappa shape index (κ1) is 18.0. The van der Waals surface area contributed by atoms with Crippen molar-refractivity contribution in [2.75, 3.05) is 18.0 Å². The lowest BCUT2D eigenvalue weighted by Gasteiger charge is -2.27. The van der Waals surface area contributed by atoms with E-state index in [0.717, 1.165) is 23.1 Å². The Balaban J connectivity index is 2.90. The summed E-state index contributed by atoms with van der Waals surface area (Å²) < 4.78 is 0.895. The van der Waals surface area contributed by atoms with E-state index in [1.165, 1.54) is 18.5 Å². The van der Waals surface area contributed by atoms with Crippen molar-refractivity contribution in [3.63, 3.8) is 0 Å². The van der Waals surface area contributed by atoms with Crippen molar-refractivity contribution in [1.29, 1.82) is 5.41 Å². The van der Waals surface area contributed by atoms with Gasteiger partial charge in [0.25, 0.3) is 0 Å². The molecular weight excluding hydrogens is 326 g/mol.